The second-order valence-corrected chi connectivity index (χ2v) is 3.33. The van der Waals surface area contributed by atoms with E-state index >= 15 is 0 Å². The number of nitrogens with zero attached hydrogens (tertiary/aromatic N) is 1. The van der Waals surface area contributed by atoms with Gasteiger partial charge in [-0.25, -0.2) is 0 Å². The van der Waals surface area contributed by atoms with Gasteiger partial charge in [-0.15, -0.1) is 0 Å². The van der Waals surface area contributed by atoms with Gasteiger partial charge in [0.2, 0.25) is 0 Å². The van der Waals surface area contributed by atoms with Gasteiger partial charge in [0, 0.05) is 6.21 Å². The number of allylic oxidation sites excluding steroid dienone is 3. The van der Waals surface area contributed by atoms with Crippen molar-refractivity contribution in [1.29, 1.82) is 0 Å². The minimum absolute atomic E-state index is 0.227. The normalized spacial score (nSPS) is 16.0. The molecule has 1 aromatic rings. The van der Waals surface area contributed by atoms with Crippen molar-refractivity contribution in [3.8, 4) is 0 Å². The van der Waals surface area contributed by atoms with Crippen molar-refractivity contribution in [2.45, 2.75) is 6.04 Å². The molecule has 0 aliphatic heterocycles. The van der Waals surface area contributed by atoms with E-state index in [1.807, 2.05) is 48.7 Å². The lowest BCUT2D eigenvalue weighted by molar-refractivity contribution is 1.06. The first-order chi connectivity index (χ1) is 7.45. The minimum atomic E-state index is 0.227. The topological polar surface area (TPSA) is 12.4 Å². The van der Waals surface area contributed by atoms with Gasteiger partial charge in [0.05, 0.1) is 6.04 Å². The summed E-state index contributed by atoms with van der Waals surface area (Å²) in [4.78, 5) is 4.35. The highest BCUT2D eigenvalue weighted by atomic mass is 14.7. The van der Waals surface area contributed by atoms with Crippen LogP contribution in [0.4, 0.5) is 0 Å². The summed E-state index contributed by atoms with van der Waals surface area (Å²) < 4.78 is 0. The molecule has 0 unspecified atom stereocenters. The van der Waals surface area contributed by atoms with Crippen molar-refractivity contribution >= 4 is 12.3 Å². The fourth-order valence-corrected chi connectivity index (χ4v) is 1.39. The second kappa shape index (κ2) is 5.11. The van der Waals surface area contributed by atoms with Gasteiger partial charge in [0.15, 0.2) is 0 Å². The Morgan fingerprint density at radius 1 is 1.00 bits per heavy atom. The highest BCUT2D eigenvalue weighted by molar-refractivity contribution is 5.78. The molecular weight excluding hydrogens is 182 g/mol. The molecule has 0 atom stereocenters. The number of benzene rings is 1. The first-order valence-electron chi connectivity index (χ1n) is 5.05. The molecule has 0 amide bonds. The van der Waals surface area contributed by atoms with E-state index in [0.29, 0.717) is 0 Å². The number of hydrogen-bond donors (Lipinski definition) is 0. The number of rotatable bonds is 3. The van der Waals surface area contributed by atoms with Crippen LogP contribution in [0.5, 0.6) is 0 Å². The molecule has 1 aliphatic rings. The Bertz CT molecular complexity index is 398. The predicted octanol–water partition coefficient (Wildman–Crippen LogP) is 3.27. The van der Waals surface area contributed by atoms with Gasteiger partial charge in [0.1, 0.15) is 0 Å². The average Bonchev–Trinajstić information content (AvgIpc) is 2.79. The van der Waals surface area contributed by atoms with Gasteiger partial charge < -0.3 is 0 Å². The van der Waals surface area contributed by atoms with Crippen LogP contribution in [0.25, 0.3) is 6.08 Å². The SMILES string of the molecule is C1=CC(N=C/C=C/c2ccccc2)C=C1. The number of aliphatic imine (C=N–C) groups is 1. The summed E-state index contributed by atoms with van der Waals surface area (Å²) in [6, 6.07) is 10.4. The van der Waals surface area contributed by atoms with Gasteiger partial charge in [0.25, 0.3) is 0 Å². The first kappa shape index (κ1) is 9.66. The maximum absolute atomic E-state index is 4.35. The van der Waals surface area contributed by atoms with E-state index < -0.39 is 0 Å². The summed E-state index contributed by atoms with van der Waals surface area (Å²) in [7, 11) is 0. The van der Waals surface area contributed by atoms with Crippen LogP contribution in [0.1, 0.15) is 5.56 Å². The van der Waals surface area contributed by atoms with Crippen LogP contribution in [0.15, 0.2) is 65.7 Å². The summed E-state index contributed by atoms with van der Waals surface area (Å²) in [6.45, 7) is 0. The molecule has 0 heterocycles. The largest absolute Gasteiger partial charge is 0.282 e. The molecule has 0 bridgehead atoms. The Morgan fingerprint density at radius 3 is 2.47 bits per heavy atom. The molecule has 1 aliphatic carbocycles. The monoisotopic (exact) mass is 195 g/mol. The first-order valence-corrected chi connectivity index (χ1v) is 5.05. The van der Waals surface area contributed by atoms with E-state index in [1.165, 1.54) is 5.56 Å². The van der Waals surface area contributed by atoms with E-state index in [0.717, 1.165) is 0 Å². The highest BCUT2D eigenvalue weighted by Gasteiger charge is 1.96. The molecule has 0 saturated carbocycles. The van der Waals surface area contributed by atoms with Gasteiger partial charge >= 0.3 is 0 Å². The predicted molar refractivity (Wildman–Crippen MR) is 66.0 cm³/mol. The summed E-state index contributed by atoms with van der Waals surface area (Å²) in [5.41, 5.74) is 1.20. The van der Waals surface area contributed by atoms with Gasteiger partial charge in [-0.3, -0.25) is 4.99 Å². The third-order valence-corrected chi connectivity index (χ3v) is 2.16. The minimum Gasteiger partial charge on any atom is -0.282 e. The van der Waals surface area contributed by atoms with E-state index in [2.05, 4.69) is 29.3 Å². The summed E-state index contributed by atoms with van der Waals surface area (Å²) in [5.74, 6) is 0. The van der Waals surface area contributed by atoms with E-state index in [1.54, 1.807) is 0 Å². The smallest absolute Gasteiger partial charge is 0.0867 e. The van der Waals surface area contributed by atoms with Gasteiger partial charge in [-0.1, -0.05) is 60.7 Å². The zero-order valence-electron chi connectivity index (χ0n) is 8.45. The number of hydrogen-bond acceptors (Lipinski definition) is 1. The Morgan fingerprint density at radius 2 is 1.73 bits per heavy atom. The maximum atomic E-state index is 4.35. The van der Waals surface area contributed by atoms with Crippen molar-refractivity contribution in [2.24, 2.45) is 4.99 Å². The quantitative estimate of drug-likeness (QED) is 0.656. The Labute approximate surface area is 90.2 Å². The average molecular weight is 195 g/mol. The molecule has 2 rings (SSSR count). The summed E-state index contributed by atoms with van der Waals surface area (Å²) in [5, 5.41) is 0. The van der Waals surface area contributed by atoms with Crippen molar-refractivity contribution < 1.29 is 0 Å². The Balaban J connectivity index is 1.90. The van der Waals surface area contributed by atoms with Crippen LogP contribution in [-0.2, 0) is 0 Å². The molecule has 0 fully saturated rings. The van der Waals surface area contributed by atoms with Crippen molar-refractivity contribution in [3.63, 3.8) is 0 Å². The van der Waals surface area contributed by atoms with Gasteiger partial charge in [-0.2, -0.15) is 0 Å². The second-order valence-electron chi connectivity index (χ2n) is 3.33. The molecule has 0 saturated heterocycles. The highest BCUT2D eigenvalue weighted by Crippen LogP contribution is 2.03. The van der Waals surface area contributed by atoms with Crippen molar-refractivity contribution in [3.05, 3.63) is 66.3 Å². The van der Waals surface area contributed by atoms with Crippen molar-refractivity contribution in [1.82, 2.24) is 0 Å². The Hall–Kier alpha value is -1.89. The van der Waals surface area contributed by atoms with Crippen LogP contribution >= 0.6 is 0 Å². The van der Waals surface area contributed by atoms with E-state index in [-0.39, 0.29) is 6.04 Å². The molecule has 1 nitrogen and oxygen atoms in total. The molecule has 0 spiro atoms. The lowest BCUT2D eigenvalue weighted by atomic mass is 10.2. The standard InChI is InChI=1S/C14H13N/c1-2-7-13(8-3-1)9-6-12-15-14-10-4-5-11-14/h1-12,14H/b9-6+,15-12?. The molecule has 0 aromatic heterocycles. The fraction of sp³-hybridized carbons (Fsp3) is 0.0714. The van der Waals surface area contributed by atoms with Crippen LogP contribution in [0.2, 0.25) is 0 Å². The van der Waals surface area contributed by atoms with E-state index in [9.17, 15) is 0 Å². The third kappa shape index (κ3) is 3.06. The van der Waals surface area contributed by atoms with Crippen LogP contribution in [0.3, 0.4) is 0 Å². The summed E-state index contributed by atoms with van der Waals surface area (Å²) in [6.07, 6.45) is 14.0. The lowest BCUT2D eigenvalue weighted by Gasteiger charge is -1.93. The molecule has 0 N–H and O–H groups in total. The van der Waals surface area contributed by atoms with E-state index in [4.69, 9.17) is 0 Å². The molecule has 1 heteroatoms. The Kier molecular flexibility index (Phi) is 3.29. The van der Waals surface area contributed by atoms with Crippen LogP contribution < -0.4 is 0 Å². The van der Waals surface area contributed by atoms with Crippen LogP contribution in [0, 0.1) is 0 Å². The molecule has 0 radical (unpaired) electrons. The molecule has 15 heavy (non-hydrogen) atoms. The van der Waals surface area contributed by atoms with Gasteiger partial charge in [-0.05, 0) is 11.6 Å². The zero-order valence-corrected chi connectivity index (χ0v) is 8.45. The molecular formula is C14H13N. The zero-order chi connectivity index (χ0) is 10.3. The summed E-state index contributed by atoms with van der Waals surface area (Å²) >= 11 is 0. The lowest BCUT2D eigenvalue weighted by Crippen LogP contribution is -1.89. The third-order valence-electron chi connectivity index (χ3n) is 2.16. The van der Waals surface area contributed by atoms with Crippen molar-refractivity contribution in [2.75, 3.05) is 0 Å². The van der Waals surface area contributed by atoms with Crippen LogP contribution in [-0.4, -0.2) is 12.3 Å². The maximum Gasteiger partial charge on any atom is 0.0867 e. The molecule has 74 valence electrons. The molecule has 1 aromatic carbocycles. The fourth-order valence-electron chi connectivity index (χ4n) is 1.39.